The first-order valence-electron chi connectivity index (χ1n) is 11.2. The fourth-order valence-corrected chi connectivity index (χ4v) is 6.78. The molecule has 32 heavy (non-hydrogen) atoms. The van der Waals surface area contributed by atoms with E-state index in [0.717, 1.165) is 16.0 Å². The summed E-state index contributed by atoms with van der Waals surface area (Å²) in [6.45, 7) is 12.5. The fourth-order valence-electron chi connectivity index (χ4n) is 4.20. The van der Waals surface area contributed by atoms with E-state index in [2.05, 4.69) is 33.8 Å². The van der Waals surface area contributed by atoms with E-state index < -0.39 is 16.8 Å². The van der Waals surface area contributed by atoms with Crippen LogP contribution in [0.25, 0.3) is 0 Å². The van der Waals surface area contributed by atoms with Gasteiger partial charge in [-0.3, -0.25) is 9.59 Å². The smallest absolute Gasteiger partial charge is 0.327 e. The molecule has 0 bridgehead atoms. The minimum absolute atomic E-state index is 0.0103. The maximum Gasteiger partial charge on any atom is 0.327 e. The number of aryl methyl sites for hydroxylation is 2. The number of thioether (sulfide) groups is 1. The van der Waals surface area contributed by atoms with Crippen LogP contribution < -0.4 is 0 Å². The van der Waals surface area contributed by atoms with E-state index >= 15 is 0 Å². The van der Waals surface area contributed by atoms with Crippen LogP contribution in [0, 0.1) is 12.8 Å². The topological polar surface area (TPSA) is 63.6 Å². The average Bonchev–Trinajstić information content (AvgIpc) is 3.10. The number of carbonyl (C=O) groups is 2. The summed E-state index contributed by atoms with van der Waals surface area (Å²) >= 11 is 3.06. The number of thiophene rings is 1. The van der Waals surface area contributed by atoms with Crippen LogP contribution in [0.2, 0.25) is 0 Å². The van der Waals surface area contributed by atoms with Gasteiger partial charge in [-0.15, -0.1) is 23.1 Å². The van der Waals surface area contributed by atoms with Crippen molar-refractivity contribution in [2.24, 2.45) is 5.92 Å². The summed E-state index contributed by atoms with van der Waals surface area (Å²) in [6.07, 6.45) is 1.43. The van der Waals surface area contributed by atoms with Crippen LogP contribution in [0.4, 0.5) is 0 Å². The summed E-state index contributed by atoms with van der Waals surface area (Å²) in [5.41, 5.74) is 1.03. The highest BCUT2D eigenvalue weighted by molar-refractivity contribution is 8.01. The third-order valence-corrected chi connectivity index (χ3v) is 9.06. The number of aliphatic hydroxyl groups excluding tert-OH is 1. The van der Waals surface area contributed by atoms with Crippen molar-refractivity contribution in [2.75, 3.05) is 0 Å². The van der Waals surface area contributed by atoms with E-state index in [9.17, 15) is 14.7 Å². The number of esters is 1. The third-order valence-electron chi connectivity index (χ3n) is 6.19. The molecule has 0 amide bonds. The lowest BCUT2D eigenvalue weighted by molar-refractivity contribution is -0.176. The Labute approximate surface area is 199 Å². The van der Waals surface area contributed by atoms with E-state index in [-0.39, 0.29) is 30.1 Å². The zero-order chi connectivity index (χ0) is 23.7. The lowest BCUT2D eigenvalue weighted by atomic mass is 9.78. The second-order valence-electron chi connectivity index (χ2n) is 10.0. The van der Waals surface area contributed by atoms with Gasteiger partial charge in [-0.25, -0.2) is 0 Å². The lowest BCUT2D eigenvalue weighted by Crippen LogP contribution is -2.52. The Kier molecular flexibility index (Phi) is 7.58. The standard InChI is InChI=1S/C26H34O4S2/c1-16(2)26(12-11-18-9-7-8-10-19(18)15-27)14-20(28)22(24(29)30-26)32-21-13-17(3)31-23(21)25(4,5)6/h7-10,13,16,22,27H,11-12,14-15H2,1-6H3. The molecule has 2 unspecified atom stereocenters. The molecule has 3 rings (SSSR count). The van der Waals surface area contributed by atoms with Gasteiger partial charge < -0.3 is 9.84 Å². The van der Waals surface area contributed by atoms with Crippen molar-refractivity contribution in [3.63, 3.8) is 0 Å². The van der Waals surface area contributed by atoms with E-state index in [1.807, 2.05) is 38.1 Å². The van der Waals surface area contributed by atoms with E-state index in [1.54, 1.807) is 11.3 Å². The molecule has 174 valence electrons. The minimum atomic E-state index is -0.818. The van der Waals surface area contributed by atoms with Crippen LogP contribution in [-0.2, 0) is 32.8 Å². The molecule has 0 spiro atoms. The van der Waals surface area contributed by atoms with E-state index in [4.69, 9.17) is 4.74 Å². The Morgan fingerprint density at radius 1 is 1.22 bits per heavy atom. The molecule has 0 radical (unpaired) electrons. The van der Waals surface area contributed by atoms with Crippen molar-refractivity contribution in [2.45, 2.75) is 88.6 Å². The first-order chi connectivity index (χ1) is 15.0. The summed E-state index contributed by atoms with van der Waals surface area (Å²) in [5.74, 6) is -0.477. The van der Waals surface area contributed by atoms with Gasteiger partial charge in [0.2, 0.25) is 0 Å². The van der Waals surface area contributed by atoms with Gasteiger partial charge in [0.25, 0.3) is 0 Å². The van der Waals surface area contributed by atoms with Gasteiger partial charge in [0.05, 0.1) is 6.61 Å². The maximum absolute atomic E-state index is 13.3. The number of aliphatic hydroxyl groups is 1. The SMILES string of the molecule is Cc1cc(SC2C(=O)CC(CCc3ccccc3CO)(C(C)C)OC2=O)c(C(C)(C)C)s1. The summed E-state index contributed by atoms with van der Waals surface area (Å²) in [5, 5.41) is 8.81. The second-order valence-corrected chi connectivity index (χ2v) is 12.4. The highest BCUT2D eigenvalue weighted by atomic mass is 32.2. The van der Waals surface area contributed by atoms with Gasteiger partial charge in [0, 0.05) is 21.1 Å². The van der Waals surface area contributed by atoms with Crippen molar-refractivity contribution in [3.8, 4) is 0 Å². The summed E-state index contributed by atoms with van der Waals surface area (Å²) in [4.78, 5) is 29.8. The number of Topliss-reactive ketones (excluding diaryl/α,β-unsaturated/α-hetero) is 1. The summed E-state index contributed by atoms with van der Waals surface area (Å²) in [6, 6.07) is 9.80. The quantitative estimate of drug-likeness (QED) is 0.403. The van der Waals surface area contributed by atoms with E-state index in [0.29, 0.717) is 12.8 Å². The number of rotatable bonds is 7. The highest BCUT2D eigenvalue weighted by Crippen LogP contribution is 2.44. The fraction of sp³-hybridized carbons (Fsp3) is 0.538. The Balaban J connectivity index is 1.80. The minimum Gasteiger partial charge on any atom is -0.457 e. The lowest BCUT2D eigenvalue weighted by Gasteiger charge is -2.41. The zero-order valence-corrected chi connectivity index (χ0v) is 21.5. The van der Waals surface area contributed by atoms with E-state index in [1.165, 1.54) is 21.5 Å². The molecule has 1 aliphatic rings. The average molecular weight is 475 g/mol. The predicted octanol–water partition coefficient (Wildman–Crippen LogP) is 5.85. The first kappa shape index (κ1) is 25.0. The Hall–Kier alpha value is -1.63. The normalized spacial score (nSPS) is 21.8. The highest BCUT2D eigenvalue weighted by Gasteiger charge is 2.49. The number of hydrogen-bond acceptors (Lipinski definition) is 6. The Morgan fingerprint density at radius 3 is 2.44 bits per heavy atom. The van der Waals surface area contributed by atoms with Gasteiger partial charge in [-0.05, 0) is 48.3 Å². The van der Waals surface area contributed by atoms with Crippen LogP contribution >= 0.6 is 23.1 Å². The third kappa shape index (κ3) is 5.29. The maximum atomic E-state index is 13.3. The molecule has 2 heterocycles. The first-order valence-corrected chi connectivity index (χ1v) is 12.9. The molecule has 6 heteroatoms. The van der Waals surface area contributed by atoms with Gasteiger partial charge in [0.1, 0.15) is 5.60 Å². The largest absolute Gasteiger partial charge is 0.457 e. The molecule has 0 saturated carbocycles. The van der Waals surface area contributed by atoms with Crippen molar-refractivity contribution in [1.29, 1.82) is 0 Å². The predicted molar refractivity (Wildman–Crippen MR) is 131 cm³/mol. The number of hydrogen-bond donors (Lipinski definition) is 1. The molecule has 1 aromatic heterocycles. The van der Waals surface area contributed by atoms with Crippen LogP contribution in [0.1, 0.15) is 68.3 Å². The number of cyclic esters (lactones) is 1. The molecular formula is C26H34O4S2. The van der Waals surface area contributed by atoms with Gasteiger partial charge >= 0.3 is 5.97 Å². The van der Waals surface area contributed by atoms with Gasteiger partial charge in [-0.1, -0.05) is 58.9 Å². The monoisotopic (exact) mass is 474 g/mol. The molecule has 2 aromatic rings. The number of ketones is 1. The van der Waals surface area contributed by atoms with Crippen molar-refractivity contribution >= 4 is 34.9 Å². The number of benzene rings is 1. The molecule has 1 aliphatic heterocycles. The Morgan fingerprint density at radius 2 is 1.88 bits per heavy atom. The molecule has 1 saturated heterocycles. The number of carbonyl (C=O) groups excluding carboxylic acids is 2. The molecule has 0 aliphatic carbocycles. The van der Waals surface area contributed by atoms with Crippen molar-refractivity contribution < 1.29 is 19.4 Å². The molecular weight excluding hydrogens is 440 g/mol. The van der Waals surface area contributed by atoms with Crippen molar-refractivity contribution in [3.05, 3.63) is 51.2 Å². The van der Waals surface area contributed by atoms with Crippen LogP contribution in [0.5, 0.6) is 0 Å². The molecule has 4 nitrogen and oxygen atoms in total. The van der Waals surface area contributed by atoms with Crippen molar-refractivity contribution in [1.82, 2.24) is 0 Å². The van der Waals surface area contributed by atoms with Crippen LogP contribution in [0.3, 0.4) is 0 Å². The molecule has 1 N–H and O–H groups in total. The molecule has 1 fully saturated rings. The summed E-state index contributed by atoms with van der Waals surface area (Å²) in [7, 11) is 0. The summed E-state index contributed by atoms with van der Waals surface area (Å²) < 4.78 is 6.08. The molecule has 1 aromatic carbocycles. The zero-order valence-electron chi connectivity index (χ0n) is 19.9. The van der Waals surface area contributed by atoms with Crippen LogP contribution in [-0.4, -0.2) is 27.7 Å². The van der Waals surface area contributed by atoms with Gasteiger partial charge in [0.15, 0.2) is 11.0 Å². The molecule has 2 atom stereocenters. The number of ether oxygens (including phenoxy) is 1. The van der Waals surface area contributed by atoms with Crippen LogP contribution in [0.15, 0.2) is 35.2 Å². The second kappa shape index (κ2) is 9.70. The Bertz CT molecular complexity index is 966. The van der Waals surface area contributed by atoms with Gasteiger partial charge in [-0.2, -0.15) is 0 Å².